The van der Waals surface area contributed by atoms with E-state index in [4.69, 9.17) is 11.0 Å². The number of nitriles is 1. The van der Waals surface area contributed by atoms with E-state index in [1.807, 2.05) is 6.07 Å². The van der Waals surface area contributed by atoms with Crippen molar-refractivity contribution in [1.29, 1.82) is 5.26 Å². The van der Waals surface area contributed by atoms with Crippen LogP contribution in [0.2, 0.25) is 0 Å². The van der Waals surface area contributed by atoms with E-state index in [-0.39, 0.29) is 24.3 Å². The molecule has 1 heterocycles. The molecule has 8 nitrogen and oxygen atoms in total. The number of carbonyl (C=O) groups is 1. The van der Waals surface area contributed by atoms with Crippen LogP contribution in [0.15, 0.2) is 9.59 Å². The van der Waals surface area contributed by atoms with Crippen molar-refractivity contribution in [3.05, 3.63) is 26.4 Å². The maximum atomic E-state index is 12.1. The molecule has 0 spiro atoms. The number of nitrogens with zero attached hydrogens (tertiary/aromatic N) is 4. The molecule has 0 unspecified atom stereocenters. The molecule has 1 rings (SSSR count). The minimum atomic E-state index is -0.704. The van der Waals surface area contributed by atoms with Gasteiger partial charge in [-0.1, -0.05) is 0 Å². The molecular formula is C12H17N5O3. The summed E-state index contributed by atoms with van der Waals surface area (Å²) in [6, 6.07) is 1.97. The Bertz CT molecular complexity index is 680. The minimum absolute atomic E-state index is 0.0423. The second kappa shape index (κ2) is 6.16. The Morgan fingerprint density at radius 1 is 1.35 bits per heavy atom. The molecule has 2 N–H and O–H groups in total. The third-order valence-electron chi connectivity index (χ3n) is 3.01. The number of hydrogen-bond donors (Lipinski definition) is 1. The average Bonchev–Trinajstić information content (AvgIpc) is 2.40. The van der Waals surface area contributed by atoms with Crippen LogP contribution in [0.3, 0.4) is 0 Å². The molecule has 1 aromatic rings. The van der Waals surface area contributed by atoms with Gasteiger partial charge in [-0.25, -0.2) is 4.79 Å². The molecule has 0 aromatic carbocycles. The molecule has 0 radical (unpaired) electrons. The fraction of sp³-hybridized carbons (Fsp3) is 0.500. The van der Waals surface area contributed by atoms with Gasteiger partial charge in [0.15, 0.2) is 5.78 Å². The SMILES string of the molecule is CN(CCC#N)CC(=O)c1c(N)n(C)c(=O)n(C)c1=O. The van der Waals surface area contributed by atoms with Gasteiger partial charge in [-0.05, 0) is 7.05 Å². The van der Waals surface area contributed by atoms with Crippen LogP contribution in [0, 0.1) is 11.3 Å². The fourth-order valence-electron chi connectivity index (χ4n) is 1.77. The molecule has 0 atom stereocenters. The maximum absolute atomic E-state index is 12.1. The highest BCUT2D eigenvalue weighted by molar-refractivity contribution is 6.01. The molecule has 20 heavy (non-hydrogen) atoms. The van der Waals surface area contributed by atoms with Crippen molar-refractivity contribution in [3.8, 4) is 6.07 Å². The van der Waals surface area contributed by atoms with Crippen LogP contribution in [-0.2, 0) is 14.1 Å². The number of Topliss-reactive ketones (excluding diaryl/α,β-unsaturated/α-hetero) is 1. The van der Waals surface area contributed by atoms with E-state index in [9.17, 15) is 14.4 Å². The van der Waals surface area contributed by atoms with Crippen molar-refractivity contribution < 1.29 is 4.79 Å². The normalized spacial score (nSPS) is 10.6. The van der Waals surface area contributed by atoms with Crippen molar-refractivity contribution in [1.82, 2.24) is 14.0 Å². The van der Waals surface area contributed by atoms with Crippen molar-refractivity contribution in [2.75, 3.05) is 25.9 Å². The summed E-state index contributed by atoms with van der Waals surface area (Å²) in [7, 11) is 4.35. The van der Waals surface area contributed by atoms with Gasteiger partial charge in [0.2, 0.25) is 0 Å². The van der Waals surface area contributed by atoms with Crippen molar-refractivity contribution >= 4 is 11.6 Å². The molecule has 0 saturated carbocycles. The quantitative estimate of drug-likeness (QED) is 0.670. The van der Waals surface area contributed by atoms with Gasteiger partial charge in [0.1, 0.15) is 11.4 Å². The molecule has 0 aliphatic heterocycles. The maximum Gasteiger partial charge on any atom is 0.332 e. The summed E-state index contributed by atoms with van der Waals surface area (Å²) in [5.74, 6) is -0.615. The lowest BCUT2D eigenvalue weighted by Crippen LogP contribution is -2.43. The van der Waals surface area contributed by atoms with E-state index < -0.39 is 17.0 Å². The average molecular weight is 279 g/mol. The first-order valence-corrected chi connectivity index (χ1v) is 5.95. The van der Waals surface area contributed by atoms with E-state index in [1.165, 1.54) is 14.1 Å². The Balaban J connectivity index is 3.16. The Labute approximate surface area is 115 Å². The summed E-state index contributed by atoms with van der Waals surface area (Å²) in [6.45, 7) is 0.369. The molecule has 0 amide bonds. The van der Waals surface area contributed by atoms with Gasteiger partial charge < -0.3 is 5.73 Å². The van der Waals surface area contributed by atoms with Gasteiger partial charge >= 0.3 is 5.69 Å². The van der Waals surface area contributed by atoms with Crippen LogP contribution in [0.5, 0.6) is 0 Å². The number of nitrogens with two attached hydrogens (primary N) is 1. The standard InChI is InChI=1S/C12H17N5O3/c1-15(6-4-5-13)7-8(18)9-10(14)16(2)12(20)17(3)11(9)19/h4,6-7,14H2,1-3H3. The minimum Gasteiger partial charge on any atom is -0.384 e. The first-order chi connectivity index (χ1) is 9.31. The number of hydrogen-bond acceptors (Lipinski definition) is 6. The van der Waals surface area contributed by atoms with Gasteiger partial charge in [0.05, 0.1) is 12.6 Å². The van der Waals surface area contributed by atoms with Crippen LogP contribution < -0.4 is 17.0 Å². The highest BCUT2D eigenvalue weighted by Crippen LogP contribution is 2.04. The topological polar surface area (TPSA) is 114 Å². The zero-order valence-corrected chi connectivity index (χ0v) is 11.7. The van der Waals surface area contributed by atoms with Gasteiger partial charge in [0, 0.05) is 27.1 Å². The summed E-state index contributed by atoms with van der Waals surface area (Å²) >= 11 is 0. The molecule has 108 valence electrons. The van der Waals surface area contributed by atoms with E-state index in [0.717, 1.165) is 9.13 Å². The Hall–Kier alpha value is -2.40. The predicted octanol–water partition coefficient (Wildman–Crippen LogP) is -1.31. The first kappa shape index (κ1) is 15.7. The van der Waals surface area contributed by atoms with Crippen LogP contribution in [0.4, 0.5) is 5.82 Å². The zero-order valence-electron chi connectivity index (χ0n) is 11.7. The van der Waals surface area contributed by atoms with Gasteiger partial charge in [-0.3, -0.25) is 23.6 Å². The molecule has 1 aromatic heterocycles. The second-order valence-corrected chi connectivity index (χ2v) is 4.54. The summed E-state index contributed by atoms with van der Waals surface area (Å²) in [4.78, 5) is 37.4. The second-order valence-electron chi connectivity index (χ2n) is 4.54. The highest BCUT2D eigenvalue weighted by atomic mass is 16.2. The van der Waals surface area contributed by atoms with Gasteiger partial charge in [-0.15, -0.1) is 0 Å². The summed E-state index contributed by atoms with van der Waals surface area (Å²) < 4.78 is 1.91. The Morgan fingerprint density at radius 2 is 1.95 bits per heavy atom. The van der Waals surface area contributed by atoms with Crippen molar-refractivity contribution in [2.24, 2.45) is 14.1 Å². The van der Waals surface area contributed by atoms with Gasteiger partial charge in [0.25, 0.3) is 5.56 Å². The van der Waals surface area contributed by atoms with Crippen LogP contribution in [-0.4, -0.2) is 40.0 Å². The number of nitrogen functional groups attached to an aromatic ring is 1. The van der Waals surface area contributed by atoms with Crippen LogP contribution >= 0.6 is 0 Å². The Morgan fingerprint density at radius 3 is 2.50 bits per heavy atom. The molecule has 0 saturated heterocycles. The summed E-state index contributed by atoms with van der Waals surface area (Å²) in [5, 5.41) is 8.48. The largest absolute Gasteiger partial charge is 0.384 e. The van der Waals surface area contributed by atoms with Crippen LogP contribution in [0.1, 0.15) is 16.8 Å². The molecule has 0 aliphatic rings. The van der Waals surface area contributed by atoms with E-state index >= 15 is 0 Å². The van der Waals surface area contributed by atoms with Crippen molar-refractivity contribution in [3.63, 3.8) is 0 Å². The zero-order chi connectivity index (χ0) is 15.4. The highest BCUT2D eigenvalue weighted by Gasteiger charge is 2.20. The predicted molar refractivity (Wildman–Crippen MR) is 73.4 cm³/mol. The smallest absolute Gasteiger partial charge is 0.332 e. The molecule has 8 heteroatoms. The number of anilines is 1. The number of aromatic nitrogens is 2. The number of ketones is 1. The number of carbonyl (C=O) groups excluding carboxylic acids is 1. The molecule has 0 aliphatic carbocycles. The monoisotopic (exact) mass is 279 g/mol. The van der Waals surface area contributed by atoms with Crippen molar-refractivity contribution in [2.45, 2.75) is 6.42 Å². The number of likely N-dealkylation sites (N-methyl/N-ethyl adjacent to an activating group) is 1. The molecule has 0 bridgehead atoms. The molecular weight excluding hydrogens is 262 g/mol. The number of rotatable bonds is 5. The summed E-state index contributed by atoms with van der Waals surface area (Å²) in [6.07, 6.45) is 0.282. The van der Waals surface area contributed by atoms with Gasteiger partial charge in [-0.2, -0.15) is 5.26 Å². The van der Waals surface area contributed by atoms with E-state index in [1.54, 1.807) is 11.9 Å². The fourth-order valence-corrected chi connectivity index (χ4v) is 1.77. The summed E-state index contributed by atoms with van der Waals surface area (Å²) in [5.41, 5.74) is 4.21. The lowest BCUT2D eigenvalue weighted by atomic mass is 10.2. The lowest BCUT2D eigenvalue weighted by molar-refractivity contribution is 0.0945. The van der Waals surface area contributed by atoms with E-state index in [2.05, 4.69) is 0 Å². The third kappa shape index (κ3) is 2.95. The van der Waals surface area contributed by atoms with Crippen LogP contribution in [0.25, 0.3) is 0 Å². The first-order valence-electron chi connectivity index (χ1n) is 5.95. The molecule has 0 fully saturated rings. The third-order valence-corrected chi connectivity index (χ3v) is 3.01. The Kier molecular flexibility index (Phi) is 4.83. The van der Waals surface area contributed by atoms with E-state index in [0.29, 0.717) is 6.54 Å². The lowest BCUT2D eigenvalue weighted by Gasteiger charge is -2.15.